The largest absolute Gasteiger partial charge is 0.385 e. The predicted octanol–water partition coefficient (Wildman–Crippen LogP) is 3.98. The Hall–Kier alpha value is -1.12. The molecule has 2 fully saturated rings. The molecule has 0 saturated carbocycles. The maximum Gasteiger partial charge on any atom is 0.244 e. The highest BCUT2D eigenvalue weighted by atomic mass is 35.5. The first-order valence-electron chi connectivity index (χ1n) is 10.2. The van der Waals surface area contributed by atoms with Crippen LogP contribution in [0.15, 0.2) is 35.7 Å². The van der Waals surface area contributed by atoms with Crippen molar-refractivity contribution in [3.8, 4) is 0 Å². The summed E-state index contributed by atoms with van der Waals surface area (Å²) in [5.41, 5.74) is 0. The maximum absolute atomic E-state index is 13.7. The lowest BCUT2D eigenvalue weighted by Gasteiger charge is -2.40. The lowest BCUT2D eigenvalue weighted by atomic mass is 9.90. The molecule has 2 aliphatic heterocycles. The van der Waals surface area contributed by atoms with Gasteiger partial charge in [0.1, 0.15) is 6.04 Å². The van der Waals surface area contributed by atoms with Crippen LogP contribution in [0.25, 0.3) is 0 Å². The van der Waals surface area contributed by atoms with E-state index in [0.717, 1.165) is 19.3 Å². The number of carbonyl (C=O) groups excluding carboxylic acids is 1. The van der Waals surface area contributed by atoms with Gasteiger partial charge >= 0.3 is 0 Å². The fourth-order valence-electron chi connectivity index (χ4n) is 4.45. The van der Waals surface area contributed by atoms with Crippen LogP contribution in [0.1, 0.15) is 32.1 Å². The molecular weight excluding hydrogens is 447 g/mol. The molecule has 2 saturated heterocycles. The molecule has 2 aliphatic rings. The minimum atomic E-state index is -3.97. The van der Waals surface area contributed by atoms with Crippen LogP contribution in [0.2, 0.25) is 10.0 Å². The standard InChI is InChI=1S/C21H28Cl2N2O4S/c1-3-15-14-24(9-4-5-10-29-2)21(26)20-8-6-7-19(15)25(20)30(27,28)18-12-16(22)11-17(23)13-18/h3,11-13,15,19-20H,1,4-10,14H2,2H3/t15-,19+,20-/m0/s1. The second kappa shape index (κ2) is 10.0. The normalized spacial score (nSPS) is 25.2. The molecule has 1 aromatic rings. The summed E-state index contributed by atoms with van der Waals surface area (Å²) < 4.78 is 33.8. The highest BCUT2D eigenvalue weighted by Gasteiger charge is 2.49. The fourth-order valence-corrected chi connectivity index (χ4v) is 7.04. The second-order valence-electron chi connectivity index (χ2n) is 7.84. The van der Waals surface area contributed by atoms with E-state index in [0.29, 0.717) is 32.5 Å². The molecule has 9 heteroatoms. The van der Waals surface area contributed by atoms with Crippen molar-refractivity contribution in [1.82, 2.24) is 9.21 Å². The number of nitrogens with zero attached hydrogens (tertiary/aromatic N) is 2. The Balaban J connectivity index is 1.97. The number of piperidine rings is 1. The maximum atomic E-state index is 13.7. The molecule has 3 atom stereocenters. The van der Waals surface area contributed by atoms with Gasteiger partial charge in [0, 0.05) is 48.8 Å². The summed E-state index contributed by atoms with van der Waals surface area (Å²) in [6.45, 7) is 5.62. The van der Waals surface area contributed by atoms with Crippen LogP contribution in [-0.4, -0.2) is 62.4 Å². The number of fused-ring (bicyclic) bond motifs is 2. The number of unbranched alkanes of at least 4 members (excludes halogenated alkanes) is 1. The molecule has 30 heavy (non-hydrogen) atoms. The second-order valence-corrected chi connectivity index (χ2v) is 10.6. The molecule has 0 unspecified atom stereocenters. The Bertz CT molecular complexity index is 873. The van der Waals surface area contributed by atoms with Crippen LogP contribution < -0.4 is 0 Å². The summed E-state index contributed by atoms with van der Waals surface area (Å²) in [6, 6.07) is 3.22. The van der Waals surface area contributed by atoms with E-state index in [1.807, 2.05) is 0 Å². The van der Waals surface area contributed by atoms with Gasteiger partial charge in [-0.15, -0.1) is 6.58 Å². The van der Waals surface area contributed by atoms with E-state index in [2.05, 4.69) is 6.58 Å². The Morgan fingerprint density at radius 1 is 1.20 bits per heavy atom. The quantitative estimate of drug-likeness (QED) is 0.422. The molecule has 0 aliphatic carbocycles. The summed E-state index contributed by atoms with van der Waals surface area (Å²) in [7, 11) is -2.32. The first-order chi connectivity index (χ1) is 14.3. The van der Waals surface area contributed by atoms with Crippen LogP contribution in [-0.2, 0) is 19.6 Å². The zero-order valence-electron chi connectivity index (χ0n) is 17.1. The van der Waals surface area contributed by atoms with Crippen molar-refractivity contribution in [1.29, 1.82) is 0 Å². The summed E-state index contributed by atoms with van der Waals surface area (Å²) in [4.78, 5) is 15.2. The summed E-state index contributed by atoms with van der Waals surface area (Å²) in [5.74, 6) is -0.288. The SMILES string of the molecule is C=C[C@H]1CN(CCCCOC)C(=O)[C@@H]2CCC[C@H]1N2S(=O)(=O)c1cc(Cl)cc(Cl)c1. The number of amides is 1. The number of methoxy groups -OCH3 is 1. The Morgan fingerprint density at radius 2 is 1.90 bits per heavy atom. The van der Waals surface area contributed by atoms with Gasteiger partial charge in [0.25, 0.3) is 0 Å². The number of hydrogen-bond donors (Lipinski definition) is 0. The van der Waals surface area contributed by atoms with Gasteiger partial charge < -0.3 is 9.64 Å². The van der Waals surface area contributed by atoms with Gasteiger partial charge in [-0.2, -0.15) is 4.31 Å². The van der Waals surface area contributed by atoms with Gasteiger partial charge in [0.2, 0.25) is 15.9 Å². The molecule has 1 amide bonds. The van der Waals surface area contributed by atoms with Crippen LogP contribution in [0.3, 0.4) is 0 Å². The van der Waals surface area contributed by atoms with Crippen molar-refractivity contribution in [3.05, 3.63) is 40.9 Å². The first-order valence-corrected chi connectivity index (χ1v) is 12.4. The van der Waals surface area contributed by atoms with Crippen LogP contribution in [0.5, 0.6) is 0 Å². The third-order valence-corrected chi connectivity index (χ3v) is 8.22. The highest BCUT2D eigenvalue weighted by Crippen LogP contribution is 2.38. The molecule has 0 aromatic heterocycles. The predicted molar refractivity (Wildman–Crippen MR) is 118 cm³/mol. The molecule has 2 bridgehead atoms. The van der Waals surface area contributed by atoms with Crippen LogP contribution >= 0.6 is 23.2 Å². The summed E-state index contributed by atoms with van der Waals surface area (Å²) in [5, 5.41) is 0.486. The number of benzene rings is 1. The number of halogens is 2. The number of ether oxygens (including phenoxy) is 1. The zero-order chi connectivity index (χ0) is 21.9. The number of sulfonamides is 1. The lowest BCUT2D eigenvalue weighted by molar-refractivity contribution is -0.135. The molecule has 166 valence electrons. The van der Waals surface area contributed by atoms with Gasteiger partial charge in [-0.3, -0.25) is 4.79 Å². The van der Waals surface area contributed by atoms with Crippen LogP contribution in [0.4, 0.5) is 0 Å². The molecule has 0 N–H and O–H groups in total. The van der Waals surface area contributed by atoms with E-state index in [1.54, 1.807) is 18.1 Å². The van der Waals surface area contributed by atoms with Gasteiger partial charge in [0.15, 0.2) is 0 Å². The van der Waals surface area contributed by atoms with E-state index in [-0.39, 0.29) is 32.8 Å². The van der Waals surface area contributed by atoms with Crippen LogP contribution in [0, 0.1) is 5.92 Å². The number of carbonyl (C=O) groups is 1. The van der Waals surface area contributed by atoms with E-state index in [9.17, 15) is 13.2 Å². The minimum absolute atomic E-state index is 0.0149. The van der Waals surface area contributed by atoms with Crippen molar-refractivity contribution in [3.63, 3.8) is 0 Å². The molecular formula is C21H28Cl2N2O4S. The first kappa shape index (κ1) is 23.5. The monoisotopic (exact) mass is 474 g/mol. The average Bonchev–Trinajstić information content (AvgIpc) is 2.77. The Morgan fingerprint density at radius 3 is 2.53 bits per heavy atom. The number of rotatable bonds is 8. The van der Waals surface area contributed by atoms with E-state index in [1.165, 1.54) is 22.5 Å². The van der Waals surface area contributed by atoms with Crippen molar-refractivity contribution in [2.45, 2.75) is 49.1 Å². The minimum Gasteiger partial charge on any atom is -0.385 e. The third kappa shape index (κ3) is 4.86. The molecule has 2 heterocycles. The third-order valence-electron chi connectivity index (χ3n) is 5.87. The van der Waals surface area contributed by atoms with Gasteiger partial charge in [-0.25, -0.2) is 8.42 Å². The topological polar surface area (TPSA) is 66.9 Å². The lowest BCUT2D eigenvalue weighted by Crippen LogP contribution is -2.54. The fraction of sp³-hybridized carbons (Fsp3) is 0.571. The van der Waals surface area contributed by atoms with Gasteiger partial charge in [0.05, 0.1) is 4.90 Å². The van der Waals surface area contributed by atoms with E-state index < -0.39 is 16.1 Å². The average molecular weight is 475 g/mol. The van der Waals surface area contributed by atoms with E-state index in [4.69, 9.17) is 27.9 Å². The van der Waals surface area contributed by atoms with Gasteiger partial charge in [-0.05, 0) is 50.3 Å². The Kier molecular flexibility index (Phi) is 7.85. The molecule has 6 nitrogen and oxygen atoms in total. The van der Waals surface area contributed by atoms with Gasteiger partial charge in [-0.1, -0.05) is 29.3 Å². The Labute approximate surface area is 188 Å². The highest BCUT2D eigenvalue weighted by molar-refractivity contribution is 7.89. The smallest absolute Gasteiger partial charge is 0.244 e. The molecule has 3 rings (SSSR count). The van der Waals surface area contributed by atoms with Crippen molar-refractivity contribution in [2.24, 2.45) is 5.92 Å². The number of hydrogen-bond acceptors (Lipinski definition) is 4. The zero-order valence-corrected chi connectivity index (χ0v) is 19.4. The van der Waals surface area contributed by atoms with E-state index >= 15 is 0 Å². The van der Waals surface area contributed by atoms with Crippen molar-refractivity contribution >= 4 is 39.1 Å². The summed E-state index contributed by atoms with van der Waals surface area (Å²) >= 11 is 12.1. The molecule has 1 aromatic carbocycles. The van der Waals surface area contributed by atoms with Crippen molar-refractivity contribution in [2.75, 3.05) is 26.8 Å². The summed E-state index contributed by atoms with van der Waals surface area (Å²) in [6.07, 6.45) is 5.41. The molecule has 0 radical (unpaired) electrons. The van der Waals surface area contributed by atoms with Crippen molar-refractivity contribution < 1.29 is 17.9 Å². The molecule has 0 spiro atoms.